The van der Waals surface area contributed by atoms with Crippen LogP contribution in [0.15, 0.2) is 133 Å². The molecule has 8 aromatic rings. The Hall–Kier alpha value is -4.94. The SMILES string of the molecule is CC(C)(C)c1ccc2c(-c3cccc4c3ccc3cc5ccccc5cc34)c3cc(C(C)(C)C)ccc3c(-c3ccccc3)c2c1. The standard InChI is InChI=1S/C46H40/c1-45(2,3)33-21-24-39-41(27-33)43(29-13-8-7-9-14-29)38-23-20-34(46(4,5)6)28-42(38)44(39)37-18-12-17-35-36(37)22-19-32-25-30-15-10-11-16-31(30)26-40(32)35/h7-28H,1-6H3. The fourth-order valence-corrected chi connectivity index (χ4v) is 7.37. The zero-order valence-corrected chi connectivity index (χ0v) is 27.7. The van der Waals surface area contributed by atoms with Gasteiger partial charge in [-0.15, -0.1) is 0 Å². The van der Waals surface area contributed by atoms with Crippen LogP contribution in [0.5, 0.6) is 0 Å². The average Bonchev–Trinajstić information content (AvgIpc) is 3.05. The van der Waals surface area contributed by atoms with Crippen LogP contribution in [0.1, 0.15) is 52.7 Å². The largest absolute Gasteiger partial charge is 0.0622 e. The van der Waals surface area contributed by atoms with Crippen LogP contribution in [0.3, 0.4) is 0 Å². The molecular weight excluding hydrogens is 553 g/mol. The Morgan fingerprint density at radius 2 is 0.891 bits per heavy atom. The normalized spacial score (nSPS) is 12.6. The topological polar surface area (TPSA) is 0 Å². The summed E-state index contributed by atoms with van der Waals surface area (Å²) < 4.78 is 0. The lowest BCUT2D eigenvalue weighted by Gasteiger charge is -2.25. The van der Waals surface area contributed by atoms with Gasteiger partial charge in [0.15, 0.2) is 0 Å². The van der Waals surface area contributed by atoms with Crippen LogP contribution in [0.25, 0.3) is 76.1 Å². The summed E-state index contributed by atoms with van der Waals surface area (Å²) >= 11 is 0. The number of fused-ring (bicyclic) bond motifs is 6. The second-order valence-corrected chi connectivity index (χ2v) is 15.0. The summed E-state index contributed by atoms with van der Waals surface area (Å²) in [5.41, 5.74) is 7.95. The van der Waals surface area contributed by atoms with Gasteiger partial charge in [-0.25, -0.2) is 0 Å². The Bertz CT molecular complexity index is 2460. The molecule has 8 rings (SSSR count). The first-order chi connectivity index (χ1) is 22.1. The van der Waals surface area contributed by atoms with E-state index in [2.05, 4.69) is 175 Å². The van der Waals surface area contributed by atoms with Crippen molar-refractivity contribution < 1.29 is 0 Å². The fraction of sp³-hybridized carbons (Fsp3) is 0.174. The highest BCUT2D eigenvalue weighted by molar-refractivity contribution is 6.25. The van der Waals surface area contributed by atoms with Crippen LogP contribution in [0.4, 0.5) is 0 Å². The van der Waals surface area contributed by atoms with Gasteiger partial charge in [0.2, 0.25) is 0 Å². The van der Waals surface area contributed by atoms with Gasteiger partial charge < -0.3 is 0 Å². The molecule has 0 atom stereocenters. The molecule has 0 aliphatic carbocycles. The summed E-state index contributed by atoms with van der Waals surface area (Å²) in [6.07, 6.45) is 0. The van der Waals surface area contributed by atoms with Gasteiger partial charge in [-0.05, 0) is 122 Å². The van der Waals surface area contributed by atoms with Crippen molar-refractivity contribution in [2.24, 2.45) is 0 Å². The van der Waals surface area contributed by atoms with Gasteiger partial charge in [0.25, 0.3) is 0 Å². The van der Waals surface area contributed by atoms with Crippen molar-refractivity contribution in [1.29, 1.82) is 0 Å². The summed E-state index contributed by atoms with van der Waals surface area (Å²) in [5, 5.41) is 13.0. The summed E-state index contributed by atoms with van der Waals surface area (Å²) in [6.45, 7) is 13.9. The monoisotopic (exact) mass is 592 g/mol. The van der Waals surface area contributed by atoms with Crippen molar-refractivity contribution in [3.05, 3.63) is 145 Å². The van der Waals surface area contributed by atoms with E-state index in [1.165, 1.54) is 87.2 Å². The molecule has 0 saturated carbocycles. The van der Waals surface area contributed by atoms with Crippen molar-refractivity contribution in [3.8, 4) is 22.3 Å². The highest BCUT2D eigenvalue weighted by atomic mass is 14.3. The van der Waals surface area contributed by atoms with E-state index in [1.54, 1.807) is 0 Å². The van der Waals surface area contributed by atoms with Gasteiger partial charge in [0.1, 0.15) is 0 Å². The summed E-state index contributed by atoms with van der Waals surface area (Å²) in [5.74, 6) is 0. The number of rotatable bonds is 2. The first-order valence-electron chi connectivity index (χ1n) is 16.5. The lowest BCUT2D eigenvalue weighted by atomic mass is 9.79. The third-order valence-electron chi connectivity index (χ3n) is 9.92. The van der Waals surface area contributed by atoms with Crippen LogP contribution in [-0.2, 0) is 10.8 Å². The third-order valence-corrected chi connectivity index (χ3v) is 9.92. The molecule has 0 heteroatoms. The zero-order chi connectivity index (χ0) is 31.8. The minimum Gasteiger partial charge on any atom is -0.0622 e. The van der Waals surface area contributed by atoms with Gasteiger partial charge in [-0.2, -0.15) is 0 Å². The summed E-state index contributed by atoms with van der Waals surface area (Å²) in [6, 6.07) is 50.4. The van der Waals surface area contributed by atoms with Gasteiger partial charge in [-0.1, -0.05) is 151 Å². The molecule has 46 heavy (non-hydrogen) atoms. The quantitative estimate of drug-likeness (QED) is 0.138. The Kier molecular flexibility index (Phi) is 6.38. The van der Waals surface area contributed by atoms with Crippen LogP contribution in [0, 0.1) is 0 Å². The first kappa shape index (κ1) is 28.5. The summed E-state index contributed by atoms with van der Waals surface area (Å²) in [4.78, 5) is 0. The van der Waals surface area contributed by atoms with Gasteiger partial charge >= 0.3 is 0 Å². The first-order valence-corrected chi connectivity index (χ1v) is 16.5. The molecule has 0 nitrogen and oxygen atoms in total. The Morgan fingerprint density at radius 1 is 0.326 bits per heavy atom. The molecule has 0 unspecified atom stereocenters. The van der Waals surface area contributed by atoms with Gasteiger partial charge in [0.05, 0.1) is 0 Å². The maximum atomic E-state index is 2.47. The van der Waals surface area contributed by atoms with Gasteiger partial charge in [-0.3, -0.25) is 0 Å². The van der Waals surface area contributed by atoms with Crippen molar-refractivity contribution >= 4 is 53.9 Å². The van der Waals surface area contributed by atoms with Gasteiger partial charge in [0, 0.05) is 0 Å². The van der Waals surface area contributed by atoms with E-state index < -0.39 is 0 Å². The van der Waals surface area contributed by atoms with Crippen LogP contribution >= 0.6 is 0 Å². The molecule has 8 aromatic carbocycles. The Labute approximate surface area is 272 Å². The second-order valence-electron chi connectivity index (χ2n) is 15.0. The van der Waals surface area contributed by atoms with E-state index in [0.717, 1.165) is 0 Å². The Balaban J connectivity index is 1.56. The molecule has 0 amide bonds. The Morgan fingerprint density at radius 3 is 1.54 bits per heavy atom. The highest BCUT2D eigenvalue weighted by Gasteiger charge is 2.23. The molecule has 224 valence electrons. The average molecular weight is 593 g/mol. The molecule has 0 spiro atoms. The molecule has 0 aromatic heterocycles. The van der Waals surface area contributed by atoms with Crippen LogP contribution in [-0.4, -0.2) is 0 Å². The molecular formula is C46H40. The zero-order valence-electron chi connectivity index (χ0n) is 27.7. The van der Waals surface area contributed by atoms with Crippen LogP contribution < -0.4 is 0 Å². The van der Waals surface area contributed by atoms with E-state index in [-0.39, 0.29) is 10.8 Å². The number of hydrogen-bond donors (Lipinski definition) is 0. The van der Waals surface area contributed by atoms with Crippen molar-refractivity contribution in [2.75, 3.05) is 0 Å². The molecule has 0 heterocycles. The molecule has 0 N–H and O–H groups in total. The summed E-state index contributed by atoms with van der Waals surface area (Å²) in [7, 11) is 0. The molecule has 0 bridgehead atoms. The minimum absolute atomic E-state index is 0.0272. The van der Waals surface area contributed by atoms with E-state index >= 15 is 0 Å². The molecule has 0 radical (unpaired) electrons. The van der Waals surface area contributed by atoms with Crippen molar-refractivity contribution in [3.63, 3.8) is 0 Å². The smallest absolute Gasteiger partial charge is 0.00200 e. The maximum Gasteiger partial charge on any atom is -0.00200 e. The van der Waals surface area contributed by atoms with E-state index in [0.29, 0.717) is 0 Å². The molecule has 0 saturated heterocycles. The fourth-order valence-electron chi connectivity index (χ4n) is 7.37. The molecule has 0 aliphatic rings. The predicted octanol–water partition coefficient (Wildman–Crippen LogP) is 13.4. The van der Waals surface area contributed by atoms with E-state index in [9.17, 15) is 0 Å². The third kappa shape index (κ3) is 4.59. The van der Waals surface area contributed by atoms with Crippen molar-refractivity contribution in [2.45, 2.75) is 52.4 Å². The molecule has 0 aliphatic heterocycles. The minimum atomic E-state index is 0.0272. The predicted molar refractivity (Wildman–Crippen MR) is 202 cm³/mol. The second kappa shape index (κ2) is 10.3. The lowest BCUT2D eigenvalue weighted by Crippen LogP contribution is -2.11. The number of hydrogen-bond acceptors (Lipinski definition) is 0. The van der Waals surface area contributed by atoms with Crippen molar-refractivity contribution in [1.82, 2.24) is 0 Å². The maximum absolute atomic E-state index is 2.47. The molecule has 0 fully saturated rings. The van der Waals surface area contributed by atoms with Crippen LogP contribution in [0.2, 0.25) is 0 Å². The van der Waals surface area contributed by atoms with E-state index in [1.807, 2.05) is 0 Å². The van der Waals surface area contributed by atoms with E-state index in [4.69, 9.17) is 0 Å². The highest BCUT2D eigenvalue weighted by Crippen LogP contribution is 2.47. The lowest BCUT2D eigenvalue weighted by molar-refractivity contribution is 0.590. The number of benzene rings is 8.